The van der Waals surface area contributed by atoms with Gasteiger partial charge >= 0.3 is 0 Å². The van der Waals surface area contributed by atoms with Gasteiger partial charge in [-0.1, -0.05) is 12.1 Å². The van der Waals surface area contributed by atoms with E-state index >= 15 is 0 Å². The fourth-order valence-corrected chi connectivity index (χ4v) is 2.19. The molecular weight excluding hydrogens is 206 g/mol. The van der Waals surface area contributed by atoms with Gasteiger partial charge in [-0.25, -0.2) is 9.97 Å². The molecule has 3 aromatic rings. The van der Waals surface area contributed by atoms with E-state index in [-0.39, 0.29) is 0 Å². The molecule has 0 unspecified atom stereocenters. The van der Waals surface area contributed by atoms with Crippen LogP contribution in [0.1, 0.15) is 10.8 Å². The van der Waals surface area contributed by atoms with Crippen LogP contribution in [0, 0.1) is 0 Å². The largest absolute Gasteiger partial charge is 0.342 e. The van der Waals surface area contributed by atoms with Crippen LogP contribution in [0.25, 0.3) is 11.0 Å². The summed E-state index contributed by atoms with van der Waals surface area (Å²) >= 11 is 1.66. The van der Waals surface area contributed by atoms with Crippen molar-refractivity contribution in [3.63, 3.8) is 0 Å². The molecular formula is C11H9N3S. The second kappa shape index (κ2) is 3.47. The summed E-state index contributed by atoms with van der Waals surface area (Å²) in [5.74, 6) is 0.978. The Morgan fingerprint density at radius 1 is 1.27 bits per heavy atom. The van der Waals surface area contributed by atoms with Gasteiger partial charge in [0.1, 0.15) is 5.82 Å². The zero-order valence-corrected chi connectivity index (χ0v) is 8.79. The number of nitrogens with one attached hydrogen (secondary N) is 1. The van der Waals surface area contributed by atoms with Gasteiger partial charge in [-0.05, 0) is 12.1 Å². The van der Waals surface area contributed by atoms with Gasteiger partial charge in [0.05, 0.1) is 22.5 Å². The number of H-pyrrole nitrogens is 1. The molecule has 3 nitrogen and oxygen atoms in total. The molecule has 74 valence electrons. The van der Waals surface area contributed by atoms with Crippen LogP contribution >= 0.6 is 11.3 Å². The molecule has 0 saturated heterocycles. The fraction of sp³-hybridized carbons (Fsp3) is 0.0909. The van der Waals surface area contributed by atoms with Gasteiger partial charge in [0.2, 0.25) is 0 Å². The van der Waals surface area contributed by atoms with Crippen molar-refractivity contribution in [2.24, 2.45) is 0 Å². The van der Waals surface area contributed by atoms with Crippen LogP contribution in [-0.4, -0.2) is 15.0 Å². The van der Waals surface area contributed by atoms with Crippen molar-refractivity contribution in [3.05, 3.63) is 46.7 Å². The summed E-state index contributed by atoms with van der Waals surface area (Å²) in [6.07, 6.45) is 2.61. The molecule has 0 bridgehead atoms. The lowest BCUT2D eigenvalue weighted by atomic mass is 10.3. The molecule has 2 aromatic heterocycles. The lowest BCUT2D eigenvalue weighted by molar-refractivity contribution is 1.02. The highest BCUT2D eigenvalue weighted by Gasteiger charge is 2.04. The van der Waals surface area contributed by atoms with Gasteiger partial charge < -0.3 is 4.98 Å². The first-order valence-electron chi connectivity index (χ1n) is 4.74. The summed E-state index contributed by atoms with van der Waals surface area (Å²) in [7, 11) is 0. The molecule has 0 aliphatic carbocycles. The third-order valence-electron chi connectivity index (χ3n) is 2.24. The summed E-state index contributed by atoms with van der Waals surface area (Å²) in [5.41, 5.74) is 2.10. The van der Waals surface area contributed by atoms with Gasteiger partial charge in [-0.15, -0.1) is 11.3 Å². The number of aromatic nitrogens is 3. The number of rotatable bonds is 2. The third kappa shape index (κ3) is 1.64. The van der Waals surface area contributed by atoms with E-state index in [1.807, 2.05) is 35.8 Å². The molecule has 0 atom stereocenters. The number of aromatic amines is 1. The number of benzene rings is 1. The van der Waals surface area contributed by atoms with E-state index in [1.165, 1.54) is 0 Å². The van der Waals surface area contributed by atoms with E-state index in [0.717, 1.165) is 28.3 Å². The summed E-state index contributed by atoms with van der Waals surface area (Å²) in [6, 6.07) is 8.05. The second-order valence-electron chi connectivity index (χ2n) is 3.30. The first-order chi connectivity index (χ1) is 7.42. The number of para-hydroxylation sites is 2. The highest BCUT2D eigenvalue weighted by molar-refractivity contribution is 7.09. The number of hydrogen-bond acceptors (Lipinski definition) is 3. The maximum atomic E-state index is 4.50. The van der Waals surface area contributed by atoms with Crippen LogP contribution < -0.4 is 0 Å². The van der Waals surface area contributed by atoms with Crippen molar-refractivity contribution in [1.82, 2.24) is 15.0 Å². The van der Waals surface area contributed by atoms with Crippen molar-refractivity contribution in [2.45, 2.75) is 6.42 Å². The van der Waals surface area contributed by atoms with Gasteiger partial charge in [0.25, 0.3) is 0 Å². The average Bonchev–Trinajstić information content (AvgIpc) is 2.86. The summed E-state index contributed by atoms with van der Waals surface area (Å²) < 4.78 is 0. The molecule has 4 heteroatoms. The molecule has 1 N–H and O–H groups in total. The van der Waals surface area contributed by atoms with E-state index in [2.05, 4.69) is 15.0 Å². The number of hydrogen-bond donors (Lipinski definition) is 1. The predicted octanol–water partition coefficient (Wildman–Crippen LogP) is 2.61. The molecule has 0 amide bonds. The monoisotopic (exact) mass is 215 g/mol. The normalized spacial score (nSPS) is 10.9. The third-order valence-corrected chi connectivity index (χ3v) is 3.02. The van der Waals surface area contributed by atoms with Gasteiger partial charge in [-0.3, -0.25) is 0 Å². The molecule has 0 aliphatic rings. The fourth-order valence-electron chi connectivity index (χ4n) is 1.57. The molecule has 0 radical (unpaired) electrons. The minimum Gasteiger partial charge on any atom is -0.342 e. The SMILES string of the molecule is c1ccc2[nH]c(Cc3nccs3)nc2c1. The molecule has 0 aliphatic heterocycles. The lowest BCUT2D eigenvalue weighted by Gasteiger charge is -1.89. The van der Waals surface area contributed by atoms with Crippen molar-refractivity contribution in [3.8, 4) is 0 Å². The summed E-state index contributed by atoms with van der Waals surface area (Å²) in [5, 5.41) is 3.08. The molecule has 0 spiro atoms. The topological polar surface area (TPSA) is 41.6 Å². The molecule has 3 rings (SSSR count). The smallest absolute Gasteiger partial charge is 0.114 e. The van der Waals surface area contributed by atoms with Gasteiger partial charge in [0, 0.05) is 11.6 Å². The predicted molar refractivity (Wildman–Crippen MR) is 61.0 cm³/mol. The Bertz CT molecular complexity index is 535. The van der Waals surface area contributed by atoms with Crippen molar-refractivity contribution < 1.29 is 0 Å². The maximum absolute atomic E-state index is 4.50. The molecule has 0 fully saturated rings. The summed E-state index contributed by atoms with van der Waals surface area (Å²) in [6.45, 7) is 0. The van der Waals surface area contributed by atoms with Crippen molar-refractivity contribution >= 4 is 22.4 Å². The zero-order chi connectivity index (χ0) is 10.1. The molecule has 0 saturated carbocycles. The standard InChI is InChI=1S/C11H9N3S/c1-2-4-9-8(3-1)13-10(14-9)7-11-12-5-6-15-11/h1-6H,7H2,(H,13,14). The Morgan fingerprint density at radius 3 is 3.00 bits per heavy atom. The second-order valence-corrected chi connectivity index (χ2v) is 4.28. The van der Waals surface area contributed by atoms with E-state index < -0.39 is 0 Å². The maximum Gasteiger partial charge on any atom is 0.114 e. The minimum absolute atomic E-state index is 0.784. The average molecular weight is 215 g/mol. The Hall–Kier alpha value is -1.68. The number of nitrogens with zero attached hydrogens (tertiary/aromatic N) is 2. The summed E-state index contributed by atoms with van der Waals surface area (Å²) in [4.78, 5) is 12.0. The number of imidazole rings is 1. The molecule has 15 heavy (non-hydrogen) atoms. The Balaban J connectivity index is 1.98. The number of thiazole rings is 1. The van der Waals surface area contributed by atoms with Crippen molar-refractivity contribution in [2.75, 3.05) is 0 Å². The highest BCUT2D eigenvalue weighted by atomic mass is 32.1. The quantitative estimate of drug-likeness (QED) is 0.714. The van der Waals surface area contributed by atoms with Crippen LogP contribution in [-0.2, 0) is 6.42 Å². The van der Waals surface area contributed by atoms with Crippen LogP contribution in [0.3, 0.4) is 0 Å². The number of fused-ring (bicyclic) bond motifs is 1. The highest BCUT2D eigenvalue weighted by Crippen LogP contribution is 2.14. The van der Waals surface area contributed by atoms with E-state index in [1.54, 1.807) is 11.3 Å². The Kier molecular flexibility index (Phi) is 1.99. The van der Waals surface area contributed by atoms with Crippen LogP contribution in [0.2, 0.25) is 0 Å². The van der Waals surface area contributed by atoms with Crippen LogP contribution in [0.15, 0.2) is 35.8 Å². The zero-order valence-electron chi connectivity index (χ0n) is 7.97. The lowest BCUT2D eigenvalue weighted by Crippen LogP contribution is -1.88. The van der Waals surface area contributed by atoms with Crippen molar-refractivity contribution in [1.29, 1.82) is 0 Å². The molecule has 1 aromatic carbocycles. The van der Waals surface area contributed by atoms with Gasteiger partial charge in [0.15, 0.2) is 0 Å². The minimum atomic E-state index is 0.784. The van der Waals surface area contributed by atoms with Crippen LogP contribution in [0.4, 0.5) is 0 Å². The van der Waals surface area contributed by atoms with Crippen LogP contribution in [0.5, 0.6) is 0 Å². The van der Waals surface area contributed by atoms with E-state index in [0.29, 0.717) is 0 Å². The van der Waals surface area contributed by atoms with Gasteiger partial charge in [-0.2, -0.15) is 0 Å². The van der Waals surface area contributed by atoms with E-state index in [4.69, 9.17) is 0 Å². The van der Waals surface area contributed by atoms with E-state index in [9.17, 15) is 0 Å². The Morgan fingerprint density at radius 2 is 2.20 bits per heavy atom. The Labute approximate surface area is 90.8 Å². The first-order valence-corrected chi connectivity index (χ1v) is 5.62. The molecule has 2 heterocycles. The first kappa shape index (κ1) is 8.61.